The van der Waals surface area contributed by atoms with Crippen LogP contribution in [-0.4, -0.2) is 23.9 Å². The quantitative estimate of drug-likeness (QED) is 0.730. The molecule has 1 aliphatic carbocycles. The summed E-state index contributed by atoms with van der Waals surface area (Å²) in [6, 6.07) is 0. The third-order valence-electron chi connectivity index (χ3n) is 3.87. The van der Waals surface area contributed by atoms with Gasteiger partial charge in [-0.3, -0.25) is 4.79 Å². The van der Waals surface area contributed by atoms with Crippen molar-refractivity contribution < 1.29 is 4.79 Å². The van der Waals surface area contributed by atoms with Crippen molar-refractivity contribution in [2.45, 2.75) is 39.5 Å². The van der Waals surface area contributed by atoms with E-state index >= 15 is 0 Å². The molecule has 0 radical (unpaired) electrons. The van der Waals surface area contributed by atoms with Crippen LogP contribution < -0.4 is 0 Å². The van der Waals surface area contributed by atoms with Gasteiger partial charge in [0.15, 0.2) is 0 Å². The van der Waals surface area contributed by atoms with Crippen LogP contribution in [0, 0.1) is 11.3 Å². The van der Waals surface area contributed by atoms with E-state index in [9.17, 15) is 4.79 Å². The van der Waals surface area contributed by atoms with Gasteiger partial charge in [0.05, 0.1) is 0 Å². The molecule has 1 saturated heterocycles. The summed E-state index contributed by atoms with van der Waals surface area (Å²) in [5, 5.41) is 0. The van der Waals surface area contributed by atoms with Gasteiger partial charge in [0.2, 0.25) is 5.91 Å². The normalized spacial score (nSPS) is 32.5. The molecule has 1 heterocycles. The summed E-state index contributed by atoms with van der Waals surface area (Å²) in [5.74, 6) is 0.951. The molecule has 0 aromatic rings. The molecular weight excluding hydrogens is 210 g/mol. The minimum Gasteiger partial charge on any atom is -0.342 e. The smallest absolute Gasteiger partial charge is 0.222 e. The number of nitrogens with zero attached hydrogens (tertiary/aromatic N) is 1. The second kappa shape index (κ2) is 5.07. The molecule has 0 aromatic carbocycles. The lowest BCUT2D eigenvalue weighted by Gasteiger charge is -2.31. The van der Waals surface area contributed by atoms with Gasteiger partial charge in [-0.1, -0.05) is 44.6 Å². The van der Waals surface area contributed by atoms with E-state index in [-0.39, 0.29) is 5.41 Å². The Bertz CT molecular complexity index is 345. The maximum absolute atomic E-state index is 12.0. The Morgan fingerprint density at radius 3 is 2.94 bits per heavy atom. The first kappa shape index (κ1) is 12.4. The molecule has 0 spiro atoms. The lowest BCUT2D eigenvalue weighted by molar-refractivity contribution is -0.128. The van der Waals surface area contributed by atoms with Gasteiger partial charge in [-0.05, 0) is 18.8 Å². The van der Waals surface area contributed by atoms with E-state index in [1.807, 2.05) is 0 Å². The highest BCUT2D eigenvalue weighted by Crippen LogP contribution is 2.31. The second-order valence-corrected chi connectivity index (χ2v) is 5.78. The van der Waals surface area contributed by atoms with Crippen LogP contribution in [0.3, 0.4) is 0 Å². The van der Waals surface area contributed by atoms with E-state index in [4.69, 9.17) is 0 Å². The van der Waals surface area contributed by atoms with Crippen molar-refractivity contribution in [1.82, 2.24) is 4.90 Å². The number of hydrogen-bond acceptors (Lipinski definition) is 1. The average Bonchev–Trinajstić information content (AvgIpc) is 2.60. The van der Waals surface area contributed by atoms with Crippen LogP contribution in [0.5, 0.6) is 0 Å². The third-order valence-corrected chi connectivity index (χ3v) is 3.87. The summed E-state index contributed by atoms with van der Waals surface area (Å²) < 4.78 is 0. The van der Waals surface area contributed by atoms with Gasteiger partial charge >= 0.3 is 0 Å². The lowest BCUT2D eigenvalue weighted by atomic mass is 9.83. The minimum atomic E-state index is 0.144. The van der Waals surface area contributed by atoms with Crippen LogP contribution in [0.15, 0.2) is 24.3 Å². The second-order valence-electron chi connectivity index (χ2n) is 5.78. The Balaban J connectivity index is 1.93. The molecule has 2 rings (SSSR count). The van der Waals surface area contributed by atoms with E-state index in [1.54, 1.807) is 0 Å². The van der Waals surface area contributed by atoms with Crippen molar-refractivity contribution in [2.24, 2.45) is 11.3 Å². The Morgan fingerprint density at radius 2 is 2.29 bits per heavy atom. The molecule has 2 atom stereocenters. The molecule has 0 saturated carbocycles. The predicted molar refractivity (Wildman–Crippen MR) is 70.6 cm³/mol. The summed E-state index contributed by atoms with van der Waals surface area (Å²) >= 11 is 0. The highest BCUT2D eigenvalue weighted by molar-refractivity contribution is 5.78. The predicted octanol–water partition coefficient (Wildman–Crippen LogP) is 3.16. The molecule has 1 amide bonds. The minimum absolute atomic E-state index is 0.144. The van der Waals surface area contributed by atoms with Crippen LogP contribution in [-0.2, 0) is 4.79 Å². The standard InChI is InChI=1S/C15H23NO/c1-3-7-13-10-14(17)16(11-13)12-15(2)8-5-4-6-9-15/h4-6,8,13H,3,7,9-12H2,1-2H3. The van der Waals surface area contributed by atoms with E-state index in [1.165, 1.54) is 12.8 Å². The molecular formula is C15H23NO. The van der Waals surface area contributed by atoms with Crippen molar-refractivity contribution in [3.05, 3.63) is 24.3 Å². The molecule has 2 nitrogen and oxygen atoms in total. The number of likely N-dealkylation sites (tertiary alicyclic amines) is 1. The maximum atomic E-state index is 12.0. The van der Waals surface area contributed by atoms with Crippen LogP contribution >= 0.6 is 0 Å². The van der Waals surface area contributed by atoms with Gasteiger partial charge in [0.25, 0.3) is 0 Å². The summed E-state index contributed by atoms with van der Waals surface area (Å²) in [4.78, 5) is 14.0. The van der Waals surface area contributed by atoms with Gasteiger partial charge < -0.3 is 4.90 Å². The monoisotopic (exact) mass is 233 g/mol. The average molecular weight is 233 g/mol. The fraction of sp³-hybridized carbons (Fsp3) is 0.667. The number of hydrogen-bond donors (Lipinski definition) is 0. The summed E-state index contributed by atoms with van der Waals surface area (Å²) in [7, 11) is 0. The SMILES string of the molecule is CCCC1CC(=O)N(CC2(C)C=CC=CC2)C1. The van der Waals surface area contributed by atoms with Gasteiger partial charge in [-0.15, -0.1) is 0 Å². The maximum Gasteiger partial charge on any atom is 0.222 e. The Kier molecular flexibility index (Phi) is 3.70. The zero-order chi connectivity index (χ0) is 12.3. The fourth-order valence-corrected chi connectivity index (χ4v) is 2.93. The highest BCUT2D eigenvalue weighted by atomic mass is 16.2. The van der Waals surface area contributed by atoms with Crippen LogP contribution in [0.25, 0.3) is 0 Å². The van der Waals surface area contributed by atoms with E-state index in [0.717, 1.165) is 25.9 Å². The number of rotatable bonds is 4. The van der Waals surface area contributed by atoms with Gasteiger partial charge in [0, 0.05) is 24.9 Å². The van der Waals surface area contributed by atoms with E-state index < -0.39 is 0 Å². The highest BCUT2D eigenvalue weighted by Gasteiger charge is 2.33. The van der Waals surface area contributed by atoms with Crippen LogP contribution in [0.2, 0.25) is 0 Å². The first-order chi connectivity index (χ1) is 8.13. The molecule has 0 aromatic heterocycles. The lowest BCUT2D eigenvalue weighted by Crippen LogP contribution is -2.36. The topological polar surface area (TPSA) is 20.3 Å². The van der Waals surface area contributed by atoms with Crippen LogP contribution in [0.1, 0.15) is 39.5 Å². The Labute approximate surface area is 104 Å². The van der Waals surface area contributed by atoms with Crippen molar-refractivity contribution in [1.29, 1.82) is 0 Å². The van der Waals surface area contributed by atoms with Crippen molar-refractivity contribution >= 4 is 5.91 Å². The third kappa shape index (κ3) is 2.99. The van der Waals surface area contributed by atoms with Gasteiger partial charge in [-0.2, -0.15) is 0 Å². The molecule has 0 N–H and O–H groups in total. The van der Waals surface area contributed by atoms with Gasteiger partial charge in [-0.25, -0.2) is 0 Å². The number of allylic oxidation sites excluding steroid dienone is 3. The summed E-state index contributed by atoms with van der Waals surface area (Å²) in [6.45, 7) is 6.29. The molecule has 1 aliphatic heterocycles. The van der Waals surface area contributed by atoms with Crippen LogP contribution in [0.4, 0.5) is 0 Å². The molecule has 2 aliphatic rings. The van der Waals surface area contributed by atoms with Crippen molar-refractivity contribution in [3.63, 3.8) is 0 Å². The first-order valence-corrected chi connectivity index (χ1v) is 6.75. The van der Waals surface area contributed by atoms with Crippen molar-refractivity contribution in [2.75, 3.05) is 13.1 Å². The van der Waals surface area contributed by atoms with Gasteiger partial charge in [0.1, 0.15) is 0 Å². The molecule has 17 heavy (non-hydrogen) atoms. The molecule has 2 heteroatoms. The first-order valence-electron chi connectivity index (χ1n) is 6.75. The number of amides is 1. The number of carbonyl (C=O) groups excluding carboxylic acids is 1. The largest absolute Gasteiger partial charge is 0.342 e. The fourth-order valence-electron chi connectivity index (χ4n) is 2.93. The van der Waals surface area contributed by atoms with E-state index in [0.29, 0.717) is 11.8 Å². The van der Waals surface area contributed by atoms with Crippen molar-refractivity contribution in [3.8, 4) is 0 Å². The zero-order valence-electron chi connectivity index (χ0n) is 11.0. The molecule has 94 valence electrons. The van der Waals surface area contributed by atoms with E-state index in [2.05, 4.69) is 43.1 Å². The molecule has 0 bridgehead atoms. The zero-order valence-corrected chi connectivity index (χ0v) is 11.0. The molecule has 1 fully saturated rings. The number of carbonyl (C=O) groups is 1. The summed E-state index contributed by atoms with van der Waals surface area (Å²) in [5.41, 5.74) is 0.144. The Morgan fingerprint density at radius 1 is 1.47 bits per heavy atom. The molecule has 2 unspecified atom stereocenters. The Hall–Kier alpha value is -1.05. The summed E-state index contributed by atoms with van der Waals surface area (Å²) in [6.07, 6.45) is 12.8.